The maximum atomic E-state index is 10.2. The molecule has 1 radical (unpaired) electrons. The number of benzene rings is 2. The van der Waals surface area contributed by atoms with E-state index in [0.29, 0.717) is 0 Å². The van der Waals surface area contributed by atoms with Gasteiger partial charge in [-0.15, -0.1) is 0 Å². The second kappa shape index (κ2) is 5.47. The second-order valence-corrected chi connectivity index (χ2v) is 8.28. The molecule has 0 fully saturated rings. The average molecular weight is 321 g/mol. The SMILES string of the molecule is CC1(C)c2ccccc2-c2ccc([B]OC(C)(C)C(C)(C)O)cc21. The van der Waals surface area contributed by atoms with Gasteiger partial charge in [-0.2, -0.15) is 0 Å². The fraction of sp³-hybridized carbons (Fsp3) is 0.429. The molecule has 0 spiro atoms. The highest BCUT2D eigenvalue weighted by Gasteiger charge is 2.37. The molecule has 1 aliphatic rings. The first-order chi connectivity index (χ1) is 11.0. The van der Waals surface area contributed by atoms with E-state index in [4.69, 9.17) is 4.65 Å². The van der Waals surface area contributed by atoms with Gasteiger partial charge in [-0.25, -0.2) is 0 Å². The summed E-state index contributed by atoms with van der Waals surface area (Å²) in [5.41, 5.74) is 4.74. The highest BCUT2D eigenvalue weighted by atomic mass is 16.5. The van der Waals surface area contributed by atoms with Crippen LogP contribution in [0.5, 0.6) is 0 Å². The minimum absolute atomic E-state index is 0.0124. The van der Waals surface area contributed by atoms with Gasteiger partial charge in [0.15, 0.2) is 0 Å². The molecule has 0 saturated carbocycles. The van der Waals surface area contributed by atoms with Gasteiger partial charge >= 0.3 is 7.48 Å². The average Bonchev–Trinajstić information content (AvgIpc) is 2.73. The van der Waals surface area contributed by atoms with Gasteiger partial charge in [0.2, 0.25) is 0 Å². The van der Waals surface area contributed by atoms with Gasteiger partial charge < -0.3 is 9.76 Å². The molecule has 0 unspecified atom stereocenters. The zero-order valence-electron chi connectivity index (χ0n) is 15.5. The maximum absolute atomic E-state index is 10.2. The van der Waals surface area contributed by atoms with Crippen molar-refractivity contribution in [3.63, 3.8) is 0 Å². The van der Waals surface area contributed by atoms with Crippen LogP contribution >= 0.6 is 0 Å². The summed E-state index contributed by atoms with van der Waals surface area (Å²) in [6.07, 6.45) is 0. The van der Waals surface area contributed by atoms with Crippen LogP contribution in [0.1, 0.15) is 52.7 Å². The van der Waals surface area contributed by atoms with E-state index < -0.39 is 11.2 Å². The molecule has 3 rings (SSSR count). The van der Waals surface area contributed by atoms with Crippen LogP contribution in [-0.2, 0) is 10.1 Å². The van der Waals surface area contributed by atoms with Crippen molar-refractivity contribution in [2.45, 2.75) is 58.2 Å². The molecule has 1 N–H and O–H groups in total. The van der Waals surface area contributed by atoms with Crippen molar-refractivity contribution in [1.82, 2.24) is 0 Å². The standard InChI is InChI=1S/C21H26BO2/c1-19(2)17-10-8-7-9-15(17)16-12-11-14(13-18(16)19)22-24-21(5,6)20(3,4)23/h7-13,23H,1-6H3. The van der Waals surface area contributed by atoms with Crippen LogP contribution in [0.25, 0.3) is 11.1 Å². The summed E-state index contributed by atoms with van der Waals surface area (Å²) >= 11 is 0. The highest BCUT2D eigenvalue weighted by Crippen LogP contribution is 2.47. The van der Waals surface area contributed by atoms with Gasteiger partial charge in [0.05, 0.1) is 11.2 Å². The van der Waals surface area contributed by atoms with Gasteiger partial charge in [-0.3, -0.25) is 0 Å². The van der Waals surface area contributed by atoms with E-state index >= 15 is 0 Å². The van der Waals surface area contributed by atoms with Crippen molar-refractivity contribution in [2.24, 2.45) is 0 Å². The smallest absolute Gasteiger partial charge is 0.330 e. The molecule has 0 atom stereocenters. The summed E-state index contributed by atoms with van der Waals surface area (Å²) in [4.78, 5) is 0. The lowest BCUT2D eigenvalue weighted by molar-refractivity contribution is -0.0893. The minimum Gasteiger partial charge on any atom is -0.427 e. The Bertz CT molecular complexity index is 770. The van der Waals surface area contributed by atoms with E-state index in [1.54, 1.807) is 21.3 Å². The summed E-state index contributed by atoms with van der Waals surface area (Å²) in [6.45, 7) is 11.9. The zero-order chi connectivity index (χ0) is 17.8. The summed E-state index contributed by atoms with van der Waals surface area (Å²) < 4.78 is 5.91. The van der Waals surface area contributed by atoms with Gasteiger partial charge in [0, 0.05) is 5.41 Å². The fourth-order valence-corrected chi connectivity index (χ4v) is 3.15. The lowest BCUT2D eigenvalue weighted by Gasteiger charge is -2.37. The predicted molar refractivity (Wildman–Crippen MR) is 101 cm³/mol. The molecule has 24 heavy (non-hydrogen) atoms. The molecule has 0 bridgehead atoms. The van der Waals surface area contributed by atoms with Crippen LogP contribution in [0.2, 0.25) is 0 Å². The molecule has 2 nitrogen and oxygen atoms in total. The highest BCUT2D eigenvalue weighted by molar-refractivity contribution is 6.47. The van der Waals surface area contributed by atoms with Crippen LogP contribution in [0, 0.1) is 0 Å². The monoisotopic (exact) mass is 321 g/mol. The molecule has 0 heterocycles. The largest absolute Gasteiger partial charge is 0.427 e. The number of rotatable bonds is 4. The third kappa shape index (κ3) is 2.70. The molecule has 3 heteroatoms. The minimum atomic E-state index is -0.921. The van der Waals surface area contributed by atoms with E-state index in [0.717, 1.165) is 5.46 Å². The van der Waals surface area contributed by atoms with Crippen molar-refractivity contribution in [1.29, 1.82) is 0 Å². The molecular formula is C21H26BO2. The predicted octanol–water partition coefficient (Wildman–Crippen LogP) is 3.80. The van der Waals surface area contributed by atoms with Crippen molar-refractivity contribution >= 4 is 12.9 Å². The molecule has 0 aromatic heterocycles. The maximum Gasteiger partial charge on any atom is 0.330 e. The summed E-state index contributed by atoms with van der Waals surface area (Å²) in [7, 11) is 1.76. The summed E-state index contributed by atoms with van der Waals surface area (Å²) in [5, 5.41) is 10.2. The van der Waals surface area contributed by atoms with E-state index in [9.17, 15) is 5.11 Å². The van der Waals surface area contributed by atoms with E-state index in [1.165, 1.54) is 22.3 Å². The first-order valence-corrected chi connectivity index (χ1v) is 8.52. The number of hydrogen-bond donors (Lipinski definition) is 1. The third-order valence-corrected chi connectivity index (χ3v) is 5.57. The third-order valence-electron chi connectivity index (χ3n) is 5.57. The fourth-order valence-electron chi connectivity index (χ4n) is 3.15. The Balaban J connectivity index is 1.90. The Morgan fingerprint density at radius 1 is 0.917 bits per heavy atom. The van der Waals surface area contributed by atoms with E-state index in [1.807, 2.05) is 13.8 Å². The molecule has 0 amide bonds. The summed E-state index contributed by atoms with van der Waals surface area (Å²) in [6, 6.07) is 15.1. The molecule has 1 aliphatic carbocycles. The lowest BCUT2D eigenvalue weighted by Crippen LogP contribution is -2.49. The molecule has 0 saturated heterocycles. The Morgan fingerprint density at radius 3 is 2.21 bits per heavy atom. The van der Waals surface area contributed by atoms with Crippen molar-refractivity contribution in [2.75, 3.05) is 0 Å². The number of hydrogen-bond acceptors (Lipinski definition) is 2. The number of aliphatic hydroxyl groups is 1. The normalized spacial score (nSPS) is 15.8. The zero-order valence-corrected chi connectivity index (χ0v) is 15.5. The molecule has 2 aromatic rings. The Kier molecular flexibility index (Phi) is 3.93. The Labute approximate surface area is 146 Å². The Morgan fingerprint density at radius 2 is 1.54 bits per heavy atom. The van der Waals surface area contributed by atoms with Crippen LogP contribution in [-0.4, -0.2) is 23.8 Å². The van der Waals surface area contributed by atoms with Crippen LogP contribution in [0.15, 0.2) is 42.5 Å². The van der Waals surface area contributed by atoms with Crippen LogP contribution < -0.4 is 5.46 Å². The Hall–Kier alpha value is -1.58. The van der Waals surface area contributed by atoms with Gasteiger partial charge in [-0.05, 0) is 49.9 Å². The topological polar surface area (TPSA) is 29.5 Å². The second-order valence-electron chi connectivity index (χ2n) is 8.28. The van der Waals surface area contributed by atoms with Gasteiger partial charge in [-0.1, -0.05) is 61.8 Å². The van der Waals surface area contributed by atoms with Crippen molar-refractivity contribution in [3.05, 3.63) is 53.6 Å². The molecule has 125 valence electrons. The number of fused-ring (bicyclic) bond motifs is 3. The first kappa shape index (κ1) is 17.3. The molecule has 2 aromatic carbocycles. The van der Waals surface area contributed by atoms with Crippen molar-refractivity contribution in [3.8, 4) is 11.1 Å². The molecular weight excluding hydrogens is 295 g/mol. The lowest BCUT2D eigenvalue weighted by atomic mass is 9.77. The molecule has 0 aliphatic heterocycles. The van der Waals surface area contributed by atoms with Gasteiger partial charge in [0.25, 0.3) is 0 Å². The summed E-state index contributed by atoms with van der Waals surface area (Å²) in [5.74, 6) is 0. The van der Waals surface area contributed by atoms with Gasteiger partial charge in [0.1, 0.15) is 0 Å². The van der Waals surface area contributed by atoms with Crippen LogP contribution in [0.4, 0.5) is 0 Å². The first-order valence-electron chi connectivity index (χ1n) is 8.52. The van der Waals surface area contributed by atoms with E-state index in [-0.39, 0.29) is 5.41 Å². The quantitative estimate of drug-likeness (QED) is 0.868. The van der Waals surface area contributed by atoms with E-state index in [2.05, 4.69) is 56.3 Å². The van der Waals surface area contributed by atoms with Crippen LogP contribution in [0.3, 0.4) is 0 Å². The van der Waals surface area contributed by atoms with Crippen molar-refractivity contribution < 1.29 is 9.76 Å².